The first kappa shape index (κ1) is 21.9. The van der Waals surface area contributed by atoms with Crippen molar-refractivity contribution >= 4 is 16.9 Å². The second kappa shape index (κ2) is 8.82. The number of aromatic nitrogens is 3. The molecule has 0 aliphatic carbocycles. The standard InChI is InChI=1S/C27H28N4O3/c1-16-5-8-21(9-6-16)31-27-26(19(4)30-31)17(2)22(18(3)29-27)10-12-25(32)28-14-20-7-11-23-24(13-20)34-15-33-23/h5-9,11,13H,10,12,14-15H2,1-4H3,(H,28,32). The van der Waals surface area contributed by atoms with Crippen molar-refractivity contribution in [2.75, 3.05) is 6.79 Å². The van der Waals surface area contributed by atoms with E-state index in [1.165, 1.54) is 5.56 Å². The van der Waals surface area contributed by atoms with Gasteiger partial charge in [-0.2, -0.15) is 5.10 Å². The quantitative estimate of drug-likeness (QED) is 0.458. The normalized spacial score (nSPS) is 12.4. The molecule has 1 aliphatic heterocycles. The zero-order valence-corrected chi connectivity index (χ0v) is 19.9. The first-order valence-corrected chi connectivity index (χ1v) is 11.5. The average Bonchev–Trinajstić information content (AvgIpc) is 3.42. The number of hydrogen-bond acceptors (Lipinski definition) is 5. The van der Waals surface area contributed by atoms with E-state index in [4.69, 9.17) is 19.6 Å². The summed E-state index contributed by atoms with van der Waals surface area (Å²) in [6, 6.07) is 14.0. The highest BCUT2D eigenvalue weighted by atomic mass is 16.7. The van der Waals surface area contributed by atoms with Gasteiger partial charge in [0, 0.05) is 24.0 Å². The van der Waals surface area contributed by atoms with Gasteiger partial charge in [-0.15, -0.1) is 0 Å². The number of nitrogens with one attached hydrogen (secondary N) is 1. The van der Waals surface area contributed by atoms with Crippen LogP contribution in [0.25, 0.3) is 16.7 Å². The van der Waals surface area contributed by atoms with Gasteiger partial charge in [0.15, 0.2) is 17.1 Å². The van der Waals surface area contributed by atoms with E-state index in [2.05, 4.69) is 43.4 Å². The highest BCUT2D eigenvalue weighted by molar-refractivity contribution is 5.85. The molecule has 0 saturated carbocycles. The van der Waals surface area contributed by atoms with Crippen LogP contribution in [-0.2, 0) is 17.8 Å². The minimum Gasteiger partial charge on any atom is -0.454 e. The van der Waals surface area contributed by atoms with Gasteiger partial charge in [-0.25, -0.2) is 9.67 Å². The van der Waals surface area contributed by atoms with Gasteiger partial charge in [0.1, 0.15) is 0 Å². The van der Waals surface area contributed by atoms with Crippen LogP contribution in [0.15, 0.2) is 42.5 Å². The Morgan fingerprint density at radius 1 is 1.00 bits per heavy atom. The number of carbonyl (C=O) groups is 1. The lowest BCUT2D eigenvalue weighted by molar-refractivity contribution is -0.121. The van der Waals surface area contributed by atoms with Crippen LogP contribution in [0.5, 0.6) is 11.5 Å². The number of carbonyl (C=O) groups excluding carboxylic acids is 1. The molecule has 0 bridgehead atoms. The summed E-state index contributed by atoms with van der Waals surface area (Å²) in [5.41, 5.74) is 8.15. The number of aryl methyl sites for hydroxylation is 4. The summed E-state index contributed by atoms with van der Waals surface area (Å²) in [5, 5.41) is 8.83. The fourth-order valence-corrected chi connectivity index (χ4v) is 4.52. The number of amides is 1. The monoisotopic (exact) mass is 456 g/mol. The molecule has 0 saturated heterocycles. The van der Waals surface area contributed by atoms with Gasteiger partial charge < -0.3 is 14.8 Å². The number of fused-ring (bicyclic) bond motifs is 2. The molecule has 0 spiro atoms. The van der Waals surface area contributed by atoms with Crippen molar-refractivity contribution in [1.29, 1.82) is 0 Å². The van der Waals surface area contributed by atoms with E-state index in [-0.39, 0.29) is 12.7 Å². The van der Waals surface area contributed by atoms with Crippen molar-refractivity contribution in [2.24, 2.45) is 0 Å². The van der Waals surface area contributed by atoms with Crippen molar-refractivity contribution in [3.05, 3.63) is 76.1 Å². The summed E-state index contributed by atoms with van der Waals surface area (Å²) < 4.78 is 12.7. The van der Waals surface area contributed by atoms with E-state index in [0.717, 1.165) is 56.3 Å². The van der Waals surface area contributed by atoms with Gasteiger partial charge >= 0.3 is 0 Å². The molecule has 0 fully saturated rings. The van der Waals surface area contributed by atoms with Crippen molar-refractivity contribution in [2.45, 2.75) is 47.1 Å². The van der Waals surface area contributed by atoms with Crippen LogP contribution in [-0.4, -0.2) is 27.5 Å². The molecule has 7 nitrogen and oxygen atoms in total. The number of nitrogens with zero attached hydrogens (tertiary/aromatic N) is 3. The van der Waals surface area contributed by atoms with Crippen LogP contribution < -0.4 is 14.8 Å². The highest BCUT2D eigenvalue weighted by Gasteiger charge is 2.18. The molecular formula is C27H28N4O3. The summed E-state index contributed by atoms with van der Waals surface area (Å²) in [4.78, 5) is 17.5. The minimum atomic E-state index is 0.00337. The molecule has 174 valence electrons. The Balaban J connectivity index is 1.31. The summed E-state index contributed by atoms with van der Waals surface area (Å²) in [5.74, 6) is 1.47. The molecule has 2 aromatic carbocycles. The molecule has 34 heavy (non-hydrogen) atoms. The third kappa shape index (κ3) is 4.09. The Hall–Kier alpha value is -3.87. The lowest BCUT2D eigenvalue weighted by Crippen LogP contribution is -2.23. The zero-order chi connectivity index (χ0) is 23.8. The van der Waals surface area contributed by atoms with Gasteiger partial charge in [0.25, 0.3) is 0 Å². The third-order valence-corrected chi connectivity index (χ3v) is 6.38. The molecule has 1 N–H and O–H groups in total. The topological polar surface area (TPSA) is 78.3 Å². The predicted octanol–water partition coefficient (Wildman–Crippen LogP) is 4.63. The minimum absolute atomic E-state index is 0.00337. The van der Waals surface area contributed by atoms with Crippen LogP contribution >= 0.6 is 0 Å². The molecule has 3 heterocycles. The molecular weight excluding hydrogens is 428 g/mol. The molecule has 4 aromatic rings. The van der Waals surface area contributed by atoms with Crippen LogP contribution in [0, 0.1) is 27.7 Å². The Bertz CT molecular complexity index is 1390. The lowest BCUT2D eigenvalue weighted by atomic mass is 9.99. The summed E-state index contributed by atoms with van der Waals surface area (Å²) in [7, 11) is 0. The second-order valence-electron chi connectivity index (χ2n) is 8.80. The Kier molecular flexibility index (Phi) is 5.69. The molecule has 0 radical (unpaired) electrons. The van der Waals surface area contributed by atoms with Gasteiger partial charge in [0.05, 0.1) is 11.4 Å². The van der Waals surface area contributed by atoms with Gasteiger partial charge in [-0.3, -0.25) is 4.79 Å². The van der Waals surface area contributed by atoms with E-state index in [1.54, 1.807) is 0 Å². The maximum Gasteiger partial charge on any atom is 0.231 e. The molecule has 1 amide bonds. The largest absolute Gasteiger partial charge is 0.454 e. The molecule has 7 heteroatoms. The summed E-state index contributed by atoms with van der Waals surface area (Å²) in [6.45, 7) is 8.89. The first-order valence-electron chi connectivity index (χ1n) is 11.5. The predicted molar refractivity (Wildman–Crippen MR) is 131 cm³/mol. The van der Waals surface area contributed by atoms with Gasteiger partial charge in [-0.1, -0.05) is 23.8 Å². The highest BCUT2D eigenvalue weighted by Crippen LogP contribution is 2.32. The lowest BCUT2D eigenvalue weighted by Gasteiger charge is -2.12. The Morgan fingerprint density at radius 3 is 2.56 bits per heavy atom. The van der Waals surface area contributed by atoms with Gasteiger partial charge in [-0.05, 0) is 75.1 Å². The Labute approximate surface area is 198 Å². The number of rotatable bonds is 6. The number of pyridine rings is 1. The maximum atomic E-state index is 12.6. The molecule has 2 aromatic heterocycles. The molecule has 1 aliphatic rings. The summed E-state index contributed by atoms with van der Waals surface area (Å²) in [6.07, 6.45) is 1.02. The molecule has 5 rings (SSSR count). The van der Waals surface area contributed by atoms with Crippen molar-refractivity contribution in [3.63, 3.8) is 0 Å². The molecule has 0 atom stereocenters. The van der Waals surface area contributed by atoms with Crippen LogP contribution in [0.2, 0.25) is 0 Å². The van der Waals surface area contributed by atoms with Crippen molar-refractivity contribution in [1.82, 2.24) is 20.1 Å². The van der Waals surface area contributed by atoms with E-state index in [9.17, 15) is 4.79 Å². The fourth-order valence-electron chi connectivity index (χ4n) is 4.52. The number of benzene rings is 2. The van der Waals surface area contributed by atoms with Crippen molar-refractivity contribution in [3.8, 4) is 17.2 Å². The fraction of sp³-hybridized carbons (Fsp3) is 0.296. The van der Waals surface area contributed by atoms with Crippen molar-refractivity contribution < 1.29 is 14.3 Å². The third-order valence-electron chi connectivity index (χ3n) is 6.38. The van der Waals surface area contributed by atoms with Crippen LogP contribution in [0.1, 0.15) is 40.1 Å². The van der Waals surface area contributed by atoms with Gasteiger partial charge in [0.2, 0.25) is 12.7 Å². The second-order valence-corrected chi connectivity index (χ2v) is 8.80. The number of ether oxygens (including phenoxy) is 2. The van der Waals surface area contributed by atoms with E-state index in [0.29, 0.717) is 19.4 Å². The Morgan fingerprint density at radius 2 is 1.76 bits per heavy atom. The van der Waals surface area contributed by atoms with E-state index in [1.807, 2.05) is 36.7 Å². The van der Waals surface area contributed by atoms with E-state index >= 15 is 0 Å². The average molecular weight is 457 g/mol. The van der Waals surface area contributed by atoms with Crippen LogP contribution in [0.4, 0.5) is 0 Å². The van der Waals surface area contributed by atoms with Crippen LogP contribution in [0.3, 0.4) is 0 Å². The van der Waals surface area contributed by atoms with E-state index < -0.39 is 0 Å². The first-order chi connectivity index (χ1) is 16.4. The zero-order valence-electron chi connectivity index (χ0n) is 19.9. The SMILES string of the molecule is Cc1ccc(-n2nc(C)c3c(C)c(CCC(=O)NCc4ccc5c(c4)OCO5)c(C)nc32)cc1. The smallest absolute Gasteiger partial charge is 0.231 e. The molecule has 0 unspecified atom stereocenters. The summed E-state index contributed by atoms with van der Waals surface area (Å²) >= 11 is 0. The number of hydrogen-bond donors (Lipinski definition) is 1. The maximum absolute atomic E-state index is 12.6.